The summed E-state index contributed by atoms with van der Waals surface area (Å²) in [6, 6.07) is 6.28. The highest BCUT2D eigenvalue weighted by atomic mass is 19.1. The van der Waals surface area contributed by atoms with E-state index in [0.29, 0.717) is 54.8 Å². The molecule has 1 amide bonds. The van der Waals surface area contributed by atoms with Crippen LogP contribution < -0.4 is 14.8 Å². The number of nitrogens with zero attached hydrogens (tertiary/aromatic N) is 4. The molecule has 1 fully saturated rings. The second-order valence-electron chi connectivity index (χ2n) is 15.1. The largest absolute Gasteiger partial charge is 0.474 e. The minimum absolute atomic E-state index is 0.136. The average Bonchev–Trinajstić information content (AvgIpc) is 3.42. The van der Waals surface area contributed by atoms with Gasteiger partial charge in [-0.15, -0.1) is 12.3 Å². The zero-order valence-corrected chi connectivity index (χ0v) is 31.6. The first-order valence-electron chi connectivity index (χ1n) is 17.6. The molecule has 1 aliphatic rings. The van der Waals surface area contributed by atoms with Crippen molar-refractivity contribution in [1.82, 2.24) is 25.3 Å². The topological polar surface area (TPSA) is 112 Å². The van der Waals surface area contributed by atoms with Crippen molar-refractivity contribution < 1.29 is 32.3 Å². The summed E-state index contributed by atoms with van der Waals surface area (Å²) in [7, 11) is 1.72. The Morgan fingerprint density at radius 2 is 1.88 bits per heavy atom. The third kappa shape index (κ3) is 9.76. The molecule has 278 valence electrons. The van der Waals surface area contributed by atoms with Gasteiger partial charge >= 0.3 is 6.09 Å². The van der Waals surface area contributed by atoms with Gasteiger partial charge in [-0.05, 0) is 86.4 Å². The number of halogens is 2. The summed E-state index contributed by atoms with van der Waals surface area (Å²) >= 11 is 0. The van der Waals surface area contributed by atoms with Gasteiger partial charge in [0, 0.05) is 49.5 Å². The van der Waals surface area contributed by atoms with Crippen LogP contribution in [0.15, 0.2) is 28.8 Å². The van der Waals surface area contributed by atoms with Crippen molar-refractivity contribution in [3.63, 3.8) is 0 Å². The number of likely N-dealkylation sites (tertiary alicyclic amines) is 1. The van der Waals surface area contributed by atoms with Gasteiger partial charge < -0.3 is 29.0 Å². The number of terminal acetylenes is 1. The molecule has 12 heteroatoms. The Kier molecular flexibility index (Phi) is 12.7. The summed E-state index contributed by atoms with van der Waals surface area (Å²) in [6.07, 6.45) is 5.12. The van der Waals surface area contributed by atoms with Crippen LogP contribution >= 0.6 is 0 Å². The Morgan fingerprint density at radius 3 is 2.53 bits per heavy atom. The van der Waals surface area contributed by atoms with Gasteiger partial charge in [0.25, 0.3) is 0 Å². The fourth-order valence-corrected chi connectivity index (χ4v) is 6.68. The van der Waals surface area contributed by atoms with Gasteiger partial charge in [0.05, 0.1) is 11.5 Å². The van der Waals surface area contributed by atoms with Crippen molar-refractivity contribution in [2.45, 2.75) is 123 Å². The SMILES string of the molecule is C#CC[C@@H]1C[C@@H](Oc2cc(O[C@@H](C)[C@@H](C)C[C@@H](F)CNC)nc(-c3noc(C(C)(C)c4c(C)cccc4F)c3C)n2)CCN1C(=O)OC(C)(C)C. The fourth-order valence-electron chi connectivity index (χ4n) is 6.68. The Balaban J connectivity index is 1.68. The van der Waals surface area contributed by atoms with Crippen molar-refractivity contribution in [3.05, 3.63) is 52.5 Å². The molecule has 0 aliphatic carbocycles. The molecule has 0 spiro atoms. The molecule has 0 saturated carbocycles. The number of hydrogen-bond donors (Lipinski definition) is 1. The van der Waals surface area contributed by atoms with Crippen molar-refractivity contribution in [2.75, 3.05) is 20.1 Å². The molecule has 1 aromatic carbocycles. The number of piperidine rings is 1. The summed E-state index contributed by atoms with van der Waals surface area (Å²) in [5.74, 6) is 3.32. The number of ether oxygens (including phenoxy) is 3. The molecule has 1 saturated heterocycles. The number of aryl methyl sites for hydroxylation is 1. The maximum atomic E-state index is 15.2. The second-order valence-corrected chi connectivity index (χ2v) is 15.1. The van der Waals surface area contributed by atoms with Gasteiger partial charge in [0.1, 0.15) is 35.6 Å². The lowest BCUT2D eigenvalue weighted by Gasteiger charge is -2.39. The van der Waals surface area contributed by atoms with Crippen molar-refractivity contribution in [1.29, 1.82) is 0 Å². The van der Waals surface area contributed by atoms with Crippen LogP contribution in [0.3, 0.4) is 0 Å². The maximum Gasteiger partial charge on any atom is 0.410 e. The first-order chi connectivity index (χ1) is 23.9. The van der Waals surface area contributed by atoms with E-state index >= 15 is 4.39 Å². The normalized spacial score (nSPS) is 18.5. The van der Waals surface area contributed by atoms with Gasteiger partial charge in [-0.1, -0.05) is 24.2 Å². The lowest BCUT2D eigenvalue weighted by Crippen LogP contribution is -2.50. The molecule has 3 aromatic rings. The molecule has 4 rings (SSSR count). The van der Waals surface area contributed by atoms with Crippen LogP contribution in [0.2, 0.25) is 0 Å². The molecular weight excluding hydrogens is 656 g/mol. The predicted molar refractivity (Wildman–Crippen MR) is 192 cm³/mol. The lowest BCUT2D eigenvalue weighted by atomic mass is 9.78. The van der Waals surface area contributed by atoms with E-state index in [4.69, 9.17) is 35.1 Å². The summed E-state index contributed by atoms with van der Waals surface area (Å²) in [6.45, 7) is 17.4. The van der Waals surface area contributed by atoms with E-state index in [-0.39, 0.29) is 48.0 Å². The smallest absolute Gasteiger partial charge is 0.410 e. The first-order valence-corrected chi connectivity index (χ1v) is 17.6. The number of carbonyl (C=O) groups is 1. The predicted octanol–water partition coefficient (Wildman–Crippen LogP) is 7.73. The van der Waals surface area contributed by atoms with E-state index in [0.717, 1.165) is 5.56 Å². The number of aromatic nitrogens is 3. The molecular formula is C39H53F2N5O5. The molecule has 0 radical (unpaired) electrons. The van der Waals surface area contributed by atoms with Crippen LogP contribution in [0.5, 0.6) is 11.8 Å². The average molecular weight is 710 g/mol. The third-order valence-corrected chi connectivity index (χ3v) is 9.33. The van der Waals surface area contributed by atoms with Crippen LogP contribution in [0.25, 0.3) is 11.5 Å². The number of amides is 1. The molecule has 51 heavy (non-hydrogen) atoms. The Morgan fingerprint density at radius 1 is 1.18 bits per heavy atom. The fraction of sp³-hybridized carbons (Fsp3) is 0.590. The van der Waals surface area contributed by atoms with E-state index < -0.39 is 29.4 Å². The quantitative estimate of drug-likeness (QED) is 0.178. The molecule has 1 N–H and O–H groups in total. The monoisotopic (exact) mass is 709 g/mol. The number of carbonyl (C=O) groups excluding carboxylic acids is 1. The van der Waals surface area contributed by atoms with Crippen molar-refractivity contribution in [2.24, 2.45) is 5.92 Å². The highest BCUT2D eigenvalue weighted by molar-refractivity contribution is 5.68. The van der Waals surface area contributed by atoms with Gasteiger partial charge in [0.2, 0.25) is 11.8 Å². The Bertz CT molecular complexity index is 1680. The molecule has 10 nitrogen and oxygen atoms in total. The highest BCUT2D eigenvalue weighted by Crippen LogP contribution is 2.40. The van der Waals surface area contributed by atoms with Crippen LogP contribution in [0.1, 0.15) is 96.6 Å². The van der Waals surface area contributed by atoms with Crippen LogP contribution in [-0.2, 0) is 10.2 Å². The van der Waals surface area contributed by atoms with Gasteiger partial charge in [-0.3, -0.25) is 0 Å². The molecule has 3 heterocycles. The molecule has 0 bridgehead atoms. The number of benzene rings is 1. The zero-order chi connectivity index (χ0) is 37.7. The van der Waals surface area contributed by atoms with E-state index in [2.05, 4.69) is 16.4 Å². The maximum absolute atomic E-state index is 15.2. The standard InChI is InChI=1S/C39H53F2N5O5/c1-12-14-28-20-29(17-18-46(28)37(47)50-38(6,7)8)49-32-21-31(48-26(5)24(3)19-27(40)22-42-11)43-36(44-32)34-25(4)35(51-45-34)39(9,10)33-23(2)15-13-16-30(33)41/h1,13,15-16,21,24,26-29,42H,14,17-20,22H2,2-11H3/t24-,26-,27+,28+,29-/m0/s1. The van der Waals surface area contributed by atoms with Gasteiger partial charge in [-0.2, -0.15) is 9.97 Å². The zero-order valence-electron chi connectivity index (χ0n) is 31.6. The van der Waals surface area contributed by atoms with E-state index in [9.17, 15) is 9.18 Å². The number of rotatable bonds is 13. The van der Waals surface area contributed by atoms with E-state index in [1.165, 1.54) is 6.07 Å². The summed E-state index contributed by atoms with van der Waals surface area (Å²) in [5.41, 5.74) is 0.767. The second kappa shape index (κ2) is 16.4. The minimum Gasteiger partial charge on any atom is -0.474 e. The van der Waals surface area contributed by atoms with Gasteiger partial charge in [-0.25, -0.2) is 13.6 Å². The molecule has 2 aromatic heterocycles. The van der Waals surface area contributed by atoms with E-state index in [1.807, 2.05) is 68.4 Å². The molecule has 5 atom stereocenters. The Hall–Kier alpha value is -4.24. The number of hydrogen-bond acceptors (Lipinski definition) is 9. The van der Waals surface area contributed by atoms with Crippen LogP contribution in [0.4, 0.5) is 13.6 Å². The van der Waals surface area contributed by atoms with Crippen LogP contribution in [0, 0.1) is 37.9 Å². The lowest BCUT2D eigenvalue weighted by molar-refractivity contribution is -0.00376. The summed E-state index contributed by atoms with van der Waals surface area (Å²) in [5, 5.41) is 7.23. The van der Waals surface area contributed by atoms with Crippen molar-refractivity contribution in [3.8, 4) is 35.6 Å². The highest BCUT2D eigenvalue weighted by Gasteiger charge is 2.37. The summed E-state index contributed by atoms with van der Waals surface area (Å²) < 4.78 is 53.9. The molecule has 1 aliphatic heterocycles. The molecule has 0 unspecified atom stereocenters. The summed E-state index contributed by atoms with van der Waals surface area (Å²) in [4.78, 5) is 24.1. The number of nitrogens with one attached hydrogen (secondary N) is 1. The number of alkyl halides is 1. The Labute approximate surface area is 301 Å². The van der Waals surface area contributed by atoms with Crippen LogP contribution in [-0.4, -0.2) is 76.3 Å². The van der Waals surface area contributed by atoms with Crippen molar-refractivity contribution >= 4 is 6.09 Å². The minimum atomic E-state index is -1.03. The third-order valence-electron chi connectivity index (χ3n) is 9.33. The first kappa shape index (κ1) is 39.5. The van der Waals surface area contributed by atoms with Gasteiger partial charge in [0.15, 0.2) is 11.5 Å². The van der Waals surface area contributed by atoms with E-state index in [1.54, 1.807) is 24.1 Å².